The molecular formula is C26H33ClN5OP. The highest BCUT2D eigenvalue weighted by Crippen LogP contribution is 2.19. The number of hydrogen-bond donors (Lipinski definition) is 1. The van der Waals surface area contributed by atoms with Gasteiger partial charge >= 0.3 is 0 Å². The number of halogens is 1. The predicted octanol–water partition coefficient (Wildman–Crippen LogP) is 4.60. The van der Waals surface area contributed by atoms with Crippen LogP contribution in [0.5, 0.6) is 0 Å². The summed E-state index contributed by atoms with van der Waals surface area (Å²) in [5.74, 6) is 0.417. The molecule has 2 heterocycles. The van der Waals surface area contributed by atoms with Gasteiger partial charge in [0.2, 0.25) is 0 Å². The maximum atomic E-state index is 13.0. The third-order valence-electron chi connectivity index (χ3n) is 6.06. The minimum absolute atomic E-state index is 0.00540. The fourth-order valence-electron chi connectivity index (χ4n) is 4.18. The molecule has 0 saturated carbocycles. The molecule has 0 bridgehead atoms. The van der Waals surface area contributed by atoms with Crippen molar-refractivity contribution in [3.8, 4) is 0 Å². The molecule has 1 aliphatic heterocycles. The maximum Gasteiger partial charge on any atom is 0.272 e. The number of hydrogen-bond acceptors (Lipinski definition) is 4. The van der Waals surface area contributed by atoms with Gasteiger partial charge in [0.15, 0.2) is 5.84 Å². The van der Waals surface area contributed by atoms with E-state index in [0.29, 0.717) is 25.3 Å². The van der Waals surface area contributed by atoms with Gasteiger partial charge in [-0.15, -0.1) is 0 Å². The molecule has 1 fully saturated rings. The van der Waals surface area contributed by atoms with E-state index in [-0.39, 0.29) is 23.7 Å². The Kier molecular flexibility index (Phi) is 9.37. The fourth-order valence-corrected chi connectivity index (χ4v) is 4.64. The van der Waals surface area contributed by atoms with E-state index >= 15 is 0 Å². The third kappa shape index (κ3) is 6.74. The average molecular weight is 498 g/mol. The van der Waals surface area contributed by atoms with Gasteiger partial charge in [0.05, 0.1) is 11.1 Å². The molecule has 1 N–H and O–H groups in total. The standard InChI is InChI=1S/C26H33ClN5OP/c1-4-19(14-20-8-6-9-21(27)15-20)16-29-25(28)23(5-2)31-12-13-32(18(3)17-31)26(33)22-10-7-11-24(34)30-22/h5-11,15-16,18-19,28H,4,12-14,17,34H2,1-3H3/t18-,19?/m0/s1. The summed E-state index contributed by atoms with van der Waals surface area (Å²) in [7, 11) is 2.53. The number of aromatic nitrogens is 1. The highest BCUT2D eigenvalue weighted by molar-refractivity contribution is 7.26. The lowest BCUT2D eigenvalue weighted by atomic mass is 9.98. The van der Waals surface area contributed by atoms with Gasteiger partial charge in [-0.2, -0.15) is 0 Å². The summed E-state index contributed by atoms with van der Waals surface area (Å²) in [5.41, 5.74) is 3.17. The molecule has 0 radical (unpaired) electrons. The van der Waals surface area contributed by atoms with Crippen molar-refractivity contribution in [1.29, 1.82) is 5.41 Å². The van der Waals surface area contributed by atoms with E-state index in [0.717, 1.165) is 29.0 Å². The summed E-state index contributed by atoms with van der Waals surface area (Å²) in [5, 5.41) is 9.33. The number of rotatable bonds is 7. The number of pyridine rings is 1. The minimum atomic E-state index is -0.0571. The van der Waals surface area contributed by atoms with Crippen molar-refractivity contribution >= 4 is 44.2 Å². The molecule has 6 nitrogen and oxygen atoms in total. The van der Waals surface area contributed by atoms with E-state index in [9.17, 15) is 4.79 Å². The number of benzene rings is 1. The zero-order valence-corrected chi connectivity index (χ0v) is 21.9. The van der Waals surface area contributed by atoms with Crippen molar-refractivity contribution in [3.63, 3.8) is 0 Å². The lowest BCUT2D eigenvalue weighted by Gasteiger charge is -2.41. The van der Waals surface area contributed by atoms with Crippen LogP contribution in [-0.4, -0.2) is 58.4 Å². The van der Waals surface area contributed by atoms with Gasteiger partial charge in [-0.1, -0.05) is 52.0 Å². The van der Waals surface area contributed by atoms with Crippen LogP contribution >= 0.6 is 20.8 Å². The van der Waals surface area contributed by atoms with Gasteiger partial charge in [0.1, 0.15) is 5.69 Å². The Morgan fingerprint density at radius 3 is 2.74 bits per heavy atom. The SMILES string of the molecule is CC=C(C(=N)N=CC(CC)Cc1cccc(Cl)c1)N1CCN(C(=O)c2cccc(P)n2)[C@@H](C)C1. The van der Waals surface area contributed by atoms with Crippen LogP contribution in [-0.2, 0) is 6.42 Å². The van der Waals surface area contributed by atoms with Gasteiger partial charge in [-0.05, 0) is 62.4 Å². The Morgan fingerprint density at radius 2 is 2.09 bits per heavy atom. The van der Waals surface area contributed by atoms with Crippen LogP contribution in [0, 0.1) is 11.3 Å². The molecule has 1 saturated heterocycles. The minimum Gasteiger partial charge on any atom is -0.365 e. The number of amidine groups is 1. The summed E-state index contributed by atoms with van der Waals surface area (Å²) in [6, 6.07) is 13.3. The van der Waals surface area contributed by atoms with E-state index in [2.05, 4.69) is 37.1 Å². The second-order valence-corrected chi connectivity index (χ2v) is 9.57. The van der Waals surface area contributed by atoms with Crippen molar-refractivity contribution in [2.24, 2.45) is 10.9 Å². The van der Waals surface area contributed by atoms with Crippen molar-refractivity contribution in [3.05, 3.63) is 70.5 Å². The third-order valence-corrected chi connectivity index (χ3v) is 6.62. The number of carbonyl (C=O) groups excluding carboxylic acids is 1. The lowest BCUT2D eigenvalue weighted by molar-refractivity contribution is 0.0545. The Balaban J connectivity index is 1.62. The van der Waals surface area contributed by atoms with E-state index in [4.69, 9.17) is 17.0 Å². The number of amides is 1. The van der Waals surface area contributed by atoms with Crippen molar-refractivity contribution in [1.82, 2.24) is 14.8 Å². The van der Waals surface area contributed by atoms with Crippen molar-refractivity contribution in [2.45, 2.75) is 39.7 Å². The molecule has 1 aromatic carbocycles. The molecule has 180 valence electrons. The summed E-state index contributed by atoms with van der Waals surface area (Å²) in [6.45, 7) is 7.95. The average Bonchev–Trinajstić information content (AvgIpc) is 2.82. The van der Waals surface area contributed by atoms with Crippen molar-refractivity contribution in [2.75, 3.05) is 19.6 Å². The zero-order chi connectivity index (χ0) is 24.7. The first kappa shape index (κ1) is 26.1. The second-order valence-electron chi connectivity index (χ2n) is 8.54. The number of nitrogens with zero attached hydrogens (tertiary/aromatic N) is 4. The van der Waals surface area contributed by atoms with E-state index in [1.54, 1.807) is 6.07 Å². The van der Waals surface area contributed by atoms with Crippen LogP contribution in [0.15, 0.2) is 59.2 Å². The largest absolute Gasteiger partial charge is 0.365 e. The Bertz CT molecular complexity index is 1090. The topological polar surface area (TPSA) is 72.7 Å². The Morgan fingerprint density at radius 1 is 1.32 bits per heavy atom. The zero-order valence-electron chi connectivity index (χ0n) is 20.0. The van der Waals surface area contributed by atoms with Crippen LogP contribution in [0.1, 0.15) is 43.2 Å². The highest BCUT2D eigenvalue weighted by Gasteiger charge is 2.30. The number of allylic oxidation sites excluding steroid dienone is 1. The van der Waals surface area contributed by atoms with E-state index in [1.165, 1.54) is 5.56 Å². The maximum absolute atomic E-state index is 13.0. The Labute approximate surface area is 209 Å². The Hall–Kier alpha value is -2.56. The number of nitrogens with one attached hydrogen (secondary N) is 1. The molecular weight excluding hydrogens is 465 g/mol. The van der Waals surface area contributed by atoms with Crippen LogP contribution in [0.3, 0.4) is 0 Å². The number of carbonyl (C=O) groups is 1. The summed E-state index contributed by atoms with van der Waals surface area (Å²) < 4.78 is 0. The van der Waals surface area contributed by atoms with Gasteiger partial charge < -0.3 is 9.80 Å². The van der Waals surface area contributed by atoms with Gasteiger partial charge in [-0.3, -0.25) is 10.2 Å². The van der Waals surface area contributed by atoms with Gasteiger partial charge in [0, 0.05) is 36.9 Å². The van der Waals surface area contributed by atoms with Crippen LogP contribution in [0.2, 0.25) is 5.02 Å². The van der Waals surface area contributed by atoms with E-state index < -0.39 is 0 Å². The monoisotopic (exact) mass is 497 g/mol. The normalized spacial score (nSPS) is 17.8. The first-order chi connectivity index (χ1) is 16.3. The summed E-state index contributed by atoms with van der Waals surface area (Å²) in [6.07, 6.45) is 5.58. The van der Waals surface area contributed by atoms with Crippen LogP contribution in [0.4, 0.5) is 0 Å². The summed E-state index contributed by atoms with van der Waals surface area (Å²) in [4.78, 5) is 25.8. The molecule has 2 unspecified atom stereocenters. The molecule has 1 aromatic heterocycles. The van der Waals surface area contributed by atoms with Crippen molar-refractivity contribution < 1.29 is 4.79 Å². The molecule has 3 rings (SSSR count). The van der Waals surface area contributed by atoms with Crippen LogP contribution < -0.4 is 5.44 Å². The lowest BCUT2D eigenvalue weighted by Crippen LogP contribution is -2.54. The molecule has 34 heavy (non-hydrogen) atoms. The number of piperazine rings is 1. The first-order valence-corrected chi connectivity index (χ1v) is 12.6. The molecule has 8 heteroatoms. The predicted molar refractivity (Wildman–Crippen MR) is 145 cm³/mol. The first-order valence-electron chi connectivity index (χ1n) is 11.6. The van der Waals surface area contributed by atoms with Gasteiger partial charge in [0.25, 0.3) is 5.91 Å². The summed E-state index contributed by atoms with van der Waals surface area (Å²) >= 11 is 6.12. The molecule has 0 aliphatic carbocycles. The smallest absolute Gasteiger partial charge is 0.272 e. The second kappa shape index (κ2) is 12.2. The number of aliphatic imine (C=N–C) groups is 1. The molecule has 1 amide bonds. The fraction of sp³-hybridized carbons (Fsp3) is 0.385. The molecule has 2 aromatic rings. The quantitative estimate of drug-likeness (QED) is 0.345. The van der Waals surface area contributed by atoms with Gasteiger partial charge in [-0.25, -0.2) is 9.98 Å². The molecule has 0 spiro atoms. The molecule has 3 atom stereocenters. The highest BCUT2D eigenvalue weighted by atomic mass is 35.5. The molecule has 1 aliphatic rings. The van der Waals surface area contributed by atoms with Crippen LogP contribution in [0.25, 0.3) is 0 Å². The van der Waals surface area contributed by atoms with E-state index in [1.807, 2.05) is 61.4 Å².